The first-order valence-corrected chi connectivity index (χ1v) is 10.2. The molecule has 0 radical (unpaired) electrons. The molecule has 28 heavy (non-hydrogen) atoms. The predicted molar refractivity (Wildman–Crippen MR) is 111 cm³/mol. The molecule has 0 saturated heterocycles. The maximum Gasteiger partial charge on any atom is 0.161 e. The fourth-order valence-electron chi connectivity index (χ4n) is 4.26. The fourth-order valence-corrected chi connectivity index (χ4v) is 4.26. The molecule has 2 aromatic carbocycles. The van der Waals surface area contributed by atoms with E-state index in [0.717, 1.165) is 42.7 Å². The molecule has 2 fully saturated rings. The van der Waals surface area contributed by atoms with Gasteiger partial charge < -0.3 is 14.2 Å². The molecule has 0 unspecified atom stereocenters. The Labute approximate surface area is 168 Å². The van der Waals surface area contributed by atoms with Crippen LogP contribution in [0, 0.1) is 11.8 Å². The molecule has 0 aliphatic heterocycles. The van der Waals surface area contributed by atoms with E-state index in [9.17, 15) is 0 Å². The molecule has 2 aliphatic rings. The van der Waals surface area contributed by atoms with Crippen molar-refractivity contribution in [3.8, 4) is 23.3 Å². The van der Waals surface area contributed by atoms with Crippen LogP contribution in [0.2, 0.25) is 0 Å². The lowest BCUT2D eigenvalue weighted by molar-refractivity contribution is 0.00308. The molecule has 0 spiro atoms. The first-order valence-electron chi connectivity index (χ1n) is 10.2. The molecule has 2 aromatic rings. The third-order valence-electron chi connectivity index (χ3n) is 6.02. The van der Waals surface area contributed by atoms with E-state index < -0.39 is 0 Å². The van der Waals surface area contributed by atoms with Gasteiger partial charge in [-0.15, -0.1) is 0 Å². The first-order chi connectivity index (χ1) is 13.7. The van der Waals surface area contributed by atoms with E-state index >= 15 is 0 Å². The molecule has 0 atom stereocenters. The number of ether oxygens (including phenoxy) is 3. The molecule has 0 heterocycles. The molecular weight excluding hydrogens is 348 g/mol. The summed E-state index contributed by atoms with van der Waals surface area (Å²) < 4.78 is 17.4. The van der Waals surface area contributed by atoms with Crippen LogP contribution >= 0.6 is 0 Å². The summed E-state index contributed by atoms with van der Waals surface area (Å²) in [6.45, 7) is 0. The van der Waals surface area contributed by atoms with Gasteiger partial charge in [-0.25, -0.2) is 0 Å². The van der Waals surface area contributed by atoms with Crippen molar-refractivity contribution >= 4 is 0 Å². The number of hydrogen-bond acceptors (Lipinski definition) is 3. The van der Waals surface area contributed by atoms with Crippen molar-refractivity contribution in [2.45, 2.75) is 56.1 Å². The van der Waals surface area contributed by atoms with Crippen LogP contribution in [0.3, 0.4) is 0 Å². The lowest BCUT2D eigenvalue weighted by Crippen LogP contribution is -2.44. The Bertz CT molecular complexity index is 850. The zero-order valence-corrected chi connectivity index (χ0v) is 16.7. The van der Waals surface area contributed by atoms with E-state index in [1.54, 1.807) is 14.2 Å². The molecular formula is C25H28O3. The SMILES string of the molecule is COc1ccc(C2(C#Cc3ccccc3)CC(OC)C2)cc1OC1CCCC1. The highest BCUT2D eigenvalue weighted by atomic mass is 16.5. The highest BCUT2D eigenvalue weighted by Gasteiger charge is 2.45. The van der Waals surface area contributed by atoms with E-state index in [2.05, 4.69) is 36.1 Å². The average Bonchev–Trinajstić information content (AvgIpc) is 3.21. The van der Waals surface area contributed by atoms with Crippen LogP contribution in [0.1, 0.15) is 49.7 Å². The summed E-state index contributed by atoms with van der Waals surface area (Å²) in [5.74, 6) is 8.57. The van der Waals surface area contributed by atoms with Crippen molar-refractivity contribution in [1.29, 1.82) is 0 Å². The van der Waals surface area contributed by atoms with Crippen molar-refractivity contribution in [2.24, 2.45) is 0 Å². The average molecular weight is 376 g/mol. The molecule has 146 valence electrons. The van der Waals surface area contributed by atoms with Gasteiger partial charge in [0.05, 0.1) is 24.7 Å². The van der Waals surface area contributed by atoms with Crippen molar-refractivity contribution < 1.29 is 14.2 Å². The van der Waals surface area contributed by atoms with E-state index in [1.165, 1.54) is 18.4 Å². The van der Waals surface area contributed by atoms with Crippen LogP contribution in [0.4, 0.5) is 0 Å². The van der Waals surface area contributed by atoms with Crippen molar-refractivity contribution in [1.82, 2.24) is 0 Å². The minimum absolute atomic E-state index is 0.198. The Kier molecular flexibility index (Phi) is 5.59. The summed E-state index contributed by atoms with van der Waals surface area (Å²) >= 11 is 0. The molecule has 0 N–H and O–H groups in total. The third kappa shape index (κ3) is 3.88. The van der Waals surface area contributed by atoms with Gasteiger partial charge in [0.2, 0.25) is 0 Å². The van der Waals surface area contributed by atoms with Crippen molar-refractivity contribution in [3.05, 3.63) is 59.7 Å². The van der Waals surface area contributed by atoms with Crippen LogP contribution < -0.4 is 9.47 Å². The Morgan fingerprint density at radius 1 is 0.893 bits per heavy atom. The van der Waals surface area contributed by atoms with Gasteiger partial charge in [-0.05, 0) is 68.4 Å². The van der Waals surface area contributed by atoms with Gasteiger partial charge >= 0.3 is 0 Å². The third-order valence-corrected chi connectivity index (χ3v) is 6.02. The molecule has 0 bridgehead atoms. The van der Waals surface area contributed by atoms with Gasteiger partial charge in [0.15, 0.2) is 11.5 Å². The Hall–Kier alpha value is -2.44. The Morgan fingerprint density at radius 2 is 1.64 bits per heavy atom. The Morgan fingerprint density at radius 3 is 2.32 bits per heavy atom. The van der Waals surface area contributed by atoms with E-state index in [1.807, 2.05) is 24.3 Å². The number of benzene rings is 2. The molecule has 4 rings (SSSR count). The first kappa shape index (κ1) is 18.9. The second-order valence-corrected chi connectivity index (χ2v) is 7.85. The van der Waals surface area contributed by atoms with Crippen LogP contribution in [0.5, 0.6) is 11.5 Å². The maximum atomic E-state index is 6.31. The second kappa shape index (κ2) is 8.29. The lowest BCUT2D eigenvalue weighted by Gasteiger charge is -2.44. The number of rotatable bonds is 5. The summed E-state index contributed by atoms with van der Waals surface area (Å²) in [6, 6.07) is 16.5. The quantitative estimate of drug-likeness (QED) is 0.678. The number of hydrogen-bond donors (Lipinski definition) is 0. The predicted octanol–water partition coefficient (Wildman–Crippen LogP) is 5.11. The topological polar surface area (TPSA) is 27.7 Å². The van der Waals surface area contributed by atoms with Crippen LogP contribution in [-0.2, 0) is 10.2 Å². The highest BCUT2D eigenvalue weighted by Crippen LogP contribution is 2.47. The standard InChI is InChI=1S/C25H28O3/c1-26-22-17-25(18-22,15-14-19-8-4-3-5-9-19)20-12-13-23(27-2)24(16-20)28-21-10-6-7-11-21/h3-5,8-9,12-13,16,21-22H,6-7,10-11,17-18H2,1-2H3. The lowest BCUT2D eigenvalue weighted by atomic mass is 9.63. The van der Waals surface area contributed by atoms with Crippen LogP contribution in [0.25, 0.3) is 0 Å². The smallest absolute Gasteiger partial charge is 0.161 e. The van der Waals surface area contributed by atoms with E-state index in [0.29, 0.717) is 6.10 Å². The molecule has 0 amide bonds. The molecule has 2 aliphatic carbocycles. The normalized spacial score (nSPS) is 24.1. The van der Waals surface area contributed by atoms with Gasteiger partial charge in [0, 0.05) is 12.7 Å². The van der Waals surface area contributed by atoms with Crippen LogP contribution in [0.15, 0.2) is 48.5 Å². The summed E-state index contributed by atoms with van der Waals surface area (Å²) in [5, 5.41) is 0. The minimum atomic E-state index is -0.198. The van der Waals surface area contributed by atoms with Crippen LogP contribution in [-0.4, -0.2) is 26.4 Å². The van der Waals surface area contributed by atoms with Gasteiger partial charge in [-0.1, -0.05) is 36.1 Å². The summed E-state index contributed by atoms with van der Waals surface area (Å²) in [5.41, 5.74) is 2.04. The van der Waals surface area contributed by atoms with Gasteiger partial charge in [-0.2, -0.15) is 0 Å². The summed E-state index contributed by atoms with van der Waals surface area (Å²) in [7, 11) is 3.48. The van der Waals surface area contributed by atoms with Crippen molar-refractivity contribution in [2.75, 3.05) is 14.2 Å². The van der Waals surface area contributed by atoms with Crippen molar-refractivity contribution in [3.63, 3.8) is 0 Å². The maximum absolute atomic E-state index is 6.31. The molecule has 3 heteroatoms. The minimum Gasteiger partial charge on any atom is -0.493 e. The largest absolute Gasteiger partial charge is 0.493 e. The second-order valence-electron chi connectivity index (χ2n) is 7.85. The fraction of sp³-hybridized carbons (Fsp3) is 0.440. The summed E-state index contributed by atoms with van der Waals surface area (Å²) in [4.78, 5) is 0. The molecule has 2 saturated carbocycles. The monoisotopic (exact) mass is 376 g/mol. The van der Waals surface area contributed by atoms with Gasteiger partial charge in [0.1, 0.15) is 0 Å². The number of methoxy groups -OCH3 is 2. The van der Waals surface area contributed by atoms with Gasteiger partial charge in [-0.3, -0.25) is 0 Å². The molecule has 0 aromatic heterocycles. The summed E-state index contributed by atoms with van der Waals surface area (Å²) in [6.07, 6.45) is 7.09. The Balaban J connectivity index is 1.65. The molecule has 3 nitrogen and oxygen atoms in total. The van der Waals surface area contributed by atoms with E-state index in [4.69, 9.17) is 14.2 Å². The van der Waals surface area contributed by atoms with E-state index in [-0.39, 0.29) is 11.5 Å². The highest BCUT2D eigenvalue weighted by molar-refractivity contribution is 5.51. The zero-order valence-electron chi connectivity index (χ0n) is 16.7. The zero-order chi connectivity index (χ0) is 19.4. The van der Waals surface area contributed by atoms with Gasteiger partial charge in [0.25, 0.3) is 0 Å².